The van der Waals surface area contributed by atoms with Gasteiger partial charge in [-0.3, -0.25) is 9.78 Å². The van der Waals surface area contributed by atoms with Gasteiger partial charge in [0, 0.05) is 17.1 Å². The monoisotopic (exact) mass is 221 g/mol. The van der Waals surface area contributed by atoms with Crippen LogP contribution < -0.4 is 5.76 Å². The predicted octanol–water partition coefficient (Wildman–Crippen LogP) is 1.80. The fraction of sp³-hybridized carbons (Fsp3) is 0.200. The van der Waals surface area contributed by atoms with E-state index in [0.29, 0.717) is 23.1 Å². The van der Waals surface area contributed by atoms with E-state index in [1.807, 2.05) is 6.07 Å². The van der Waals surface area contributed by atoms with Gasteiger partial charge >= 0.3 is 5.76 Å². The summed E-state index contributed by atoms with van der Waals surface area (Å²) in [4.78, 5) is 26.2. The first-order valence-corrected chi connectivity index (χ1v) is 5.56. The van der Waals surface area contributed by atoms with E-state index in [-0.39, 0.29) is 5.78 Å². The first kappa shape index (κ1) is 8.79. The average Bonchev–Trinajstić information content (AvgIpc) is 2.58. The van der Waals surface area contributed by atoms with Gasteiger partial charge in [-0.1, -0.05) is 0 Å². The molecule has 1 aliphatic heterocycles. The third-order valence-electron chi connectivity index (χ3n) is 2.42. The van der Waals surface area contributed by atoms with Crippen molar-refractivity contribution in [3.8, 4) is 0 Å². The first-order chi connectivity index (χ1) is 7.25. The number of nitrogens with one attached hydrogen (secondary N) is 1. The highest BCUT2D eigenvalue weighted by Crippen LogP contribution is 2.33. The molecule has 1 aromatic carbocycles. The zero-order valence-electron chi connectivity index (χ0n) is 7.70. The van der Waals surface area contributed by atoms with Crippen LogP contribution in [0.2, 0.25) is 0 Å². The Morgan fingerprint density at radius 3 is 3.07 bits per heavy atom. The summed E-state index contributed by atoms with van der Waals surface area (Å²) in [6, 6.07) is 3.62. The molecular formula is C10H7NO3S. The number of carbonyl (C=O) groups excluding carboxylic acids is 1. The van der Waals surface area contributed by atoms with E-state index in [2.05, 4.69) is 4.98 Å². The largest absolute Gasteiger partial charge is 0.417 e. The molecule has 1 aromatic heterocycles. The molecule has 4 nitrogen and oxygen atoms in total. The summed E-state index contributed by atoms with van der Waals surface area (Å²) in [5, 5.41) is 0. The van der Waals surface area contributed by atoms with Crippen molar-refractivity contribution in [1.29, 1.82) is 0 Å². The highest BCUT2D eigenvalue weighted by atomic mass is 32.2. The number of aromatic nitrogens is 1. The van der Waals surface area contributed by atoms with Crippen molar-refractivity contribution in [2.75, 3.05) is 5.75 Å². The maximum absolute atomic E-state index is 11.7. The molecule has 2 heterocycles. The lowest BCUT2D eigenvalue weighted by Crippen LogP contribution is -2.08. The minimum Gasteiger partial charge on any atom is -0.407 e. The maximum atomic E-state index is 11.7. The van der Waals surface area contributed by atoms with E-state index < -0.39 is 5.76 Å². The Labute approximate surface area is 88.7 Å². The van der Waals surface area contributed by atoms with Gasteiger partial charge < -0.3 is 4.42 Å². The standard InChI is InChI=1S/C10H7NO3S/c12-6-3-4-15-7-2-1-5-9(8(6)7)14-10(13)11-5/h1-2H,3-4H2,(H,11,13). The topological polar surface area (TPSA) is 63.1 Å². The smallest absolute Gasteiger partial charge is 0.407 e. The summed E-state index contributed by atoms with van der Waals surface area (Å²) in [5.41, 5.74) is 1.55. The van der Waals surface area contributed by atoms with E-state index in [1.54, 1.807) is 17.8 Å². The quantitative estimate of drug-likeness (QED) is 0.736. The Balaban J connectivity index is 2.44. The summed E-state index contributed by atoms with van der Waals surface area (Å²) in [6.45, 7) is 0. The fourth-order valence-corrected chi connectivity index (χ4v) is 2.78. The van der Waals surface area contributed by atoms with Gasteiger partial charge in [0.25, 0.3) is 0 Å². The number of aromatic amines is 1. The van der Waals surface area contributed by atoms with Crippen molar-refractivity contribution < 1.29 is 9.21 Å². The number of H-pyrrole nitrogens is 1. The van der Waals surface area contributed by atoms with Gasteiger partial charge in [0.15, 0.2) is 11.4 Å². The molecule has 1 N–H and O–H groups in total. The lowest BCUT2D eigenvalue weighted by molar-refractivity contribution is 0.0985. The van der Waals surface area contributed by atoms with Crippen LogP contribution >= 0.6 is 11.8 Å². The molecule has 15 heavy (non-hydrogen) atoms. The van der Waals surface area contributed by atoms with E-state index >= 15 is 0 Å². The first-order valence-electron chi connectivity index (χ1n) is 4.57. The number of Topliss-reactive ketones (excluding diaryl/α,β-unsaturated/α-hetero) is 1. The van der Waals surface area contributed by atoms with E-state index in [1.165, 1.54) is 0 Å². The third-order valence-corrected chi connectivity index (χ3v) is 3.48. The van der Waals surface area contributed by atoms with Gasteiger partial charge in [0.1, 0.15) is 0 Å². The molecule has 0 unspecified atom stereocenters. The molecule has 0 spiro atoms. The normalized spacial score (nSPS) is 15.6. The van der Waals surface area contributed by atoms with Gasteiger partial charge in [-0.2, -0.15) is 0 Å². The van der Waals surface area contributed by atoms with Crippen LogP contribution in [-0.2, 0) is 0 Å². The minimum atomic E-state index is -0.512. The highest BCUT2D eigenvalue weighted by Gasteiger charge is 2.22. The van der Waals surface area contributed by atoms with Crippen LogP contribution in [0.25, 0.3) is 11.1 Å². The van der Waals surface area contributed by atoms with Crippen LogP contribution in [0.15, 0.2) is 26.2 Å². The van der Waals surface area contributed by atoms with Gasteiger partial charge in [0.05, 0.1) is 11.1 Å². The average molecular weight is 221 g/mol. The van der Waals surface area contributed by atoms with Crippen LogP contribution in [0.5, 0.6) is 0 Å². The maximum Gasteiger partial charge on any atom is 0.417 e. The van der Waals surface area contributed by atoms with Crippen LogP contribution in [0, 0.1) is 0 Å². The molecule has 2 aromatic rings. The number of ketones is 1. The van der Waals surface area contributed by atoms with Crippen molar-refractivity contribution in [2.45, 2.75) is 11.3 Å². The Morgan fingerprint density at radius 2 is 2.20 bits per heavy atom. The minimum absolute atomic E-state index is 0.0529. The number of oxazole rings is 1. The van der Waals surface area contributed by atoms with Crippen LogP contribution in [-0.4, -0.2) is 16.5 Å². The van der Waals surface area contributed by atoms with Crippen molar-refractivity contribution >= 4 is 28.6 Å². The molecule has 1 aliphatic rings. The van der Waals surface area contributed by atoms with Crippen molar-refractivity contribution in [2.24, 2.45) is 0 Å². The Hall–Kier alpha value is -1.49. The SMILES string of the molecule is O=C1CCSc2ccc3[nH]c(=O)oc3c21. The van der Waals surface area contributed by atoms with Gasteiger partial charge in [-0.25, -0.2) is 4.79 Å². The van der Waals surface area contributed by atoms with Crippen LogP contribution in [0.1, 0.15) is 16.8 Å². The predicted molar refractivity (Wildman–Crippen MR) is 56.5 cm³/mol. The lowest BCUT2D eigenvalue weighted by Gasteiger charge is -2.12. The number of benzene rings is 1. The summed E-state index contributed by atoms with van der Waals surface area (Å²) in [5.74, 6) is 0.338. The molecule has 76 valence electrons. The summed E-state index contributed by atoms with van der Waals surface area (Å²) in [6.07, 6.45) is 0.506. The van der Waals surface area contributed by atoms with Gasteiger partial charge in [-0.05, 0) is 12.1 Å². The summed E-state index contributed by atoms with van der Waals surface area (Å²) < 4.78 is 4.99. The van der Waals surface area contributed by atoms with Crippen LogP contribution in [0.3, 0.4) is 0 Å². The number of thioether (sulfide) groups is 1. The molecule has 3 rings (SSSR count). The molecule has 0 atom stereocenters. The third kappa shape index (κ3) is 1.23. The second kappa shape index (κ2) is 3.00. The molecule has 0 saturated heterocycles. The van der Waals surface area contributed by atoms with E-state index in [4.69, 9.17) is 4.42 Å². The van der Waals surface area contributed by atoms with Gasteiger partial charge in [0.2, 0.25) is 0 Å². The van der Waals surface area contributed by atoms with Crippen LogP contribution in [0.4, 0.5) is 0 Å². The molecule has 5 heteroatoms. The van der Waals surface area contributed by atoms with Crippen molar-refractivity contribution in [3.63, 3.8) is 0 Å². The molecule has 0 bridgehead atoms. The van der Waals surface area contributed by atoms with E-state index in [0.717, 1.165) is 10.6 Å². The number of hydrogen-bond donors (Lipinski definition) is 1. The number of hydrogen-bond acceptors (Lipinski definition) is 4. The van der Waals surface area contributed by atoms with Gasteiger partial charge in [-0.15, -0.1) is 11.8 Å². The number of rotatable bonds is 0. The molecule has 0 aliphatic carbocycles. The summed E-state index contributed by atoms with van der Waals surface area (Å²) in [7, 11) is 0. The molecule has 0 amide bonds. The van der Waals surface area contributed by atoms with Crippen molar-refractivity contribution in [1.82, 2.24) is 4.98 Å². The number of fused-ring (bicyclic) bond motifs is 3. The Morgan fingerprint density at radius 1 is 1.33 bits per heavy atom. The molecule has 0 saturated carbocycles. The molecular weight excluding hydrogens is 214 g/mol. The Bertz CT molecular complexity index is 611. The lowest BCUT2D eigenvalue weighted by atomic mass is 10.1. The molecule has 0 fully saturated rings. The zero-order valence-corrected chi connectivity index (χ0v) is 8.52. The highest BCUT2D eigenvalue weighted by molar-refractivity contribution is 7.99. The molecule has 0 radical (unpaired) electrons. The fourth-order valence-electron chi connectivity index (χ4n) is 1.76. The van der Waals surface area contributed by atoms with E-state index in [9.17, 15) is 9.59 Å². The number of carbonyl (C=O) groups is 1. The van der Waals surface area contributed by atoms with Crippen molar-refractivity contribution in [3.05, 3.63) is 28.2 Å². The summed E-state index contributed by atoms with van der Waals surface area (Å²) >= 11 is 1.62. The Kier molecular flexibility index (Phi) is 1.76. The second-order valence-corrected chi connectivity index (χ2v) is 4.49. The zero-order chi connectivity index (χ0) is 10.4. The second-order valence-electron chi connectivity index (χ2n) is 3.35.